The predicted octanol–water partition coefficient (Wildman–Crippen LogP) is 3.42. The van der Waals surface area contributed by atoms with E-state index in [4.69, 9.17) is 40.6 Å². The highest BCUT2D eigenvalue weighted by Gasteiger charge is 2.22. The molecule has 0 aliphatic heterocycles. The zero-order chi connectivity index (χ0) is 14.0. The van der Waals surface area contributed by atoms with Crippen molar-refractivity contribution in [3.8, 4) is 0 Å². The average molecular weight is 320 g/mol. The first-order valence-electron chi connectivity index (χ1n) is 5.70. The third-order valence-corrected chi connectivity index (χ3v) is 3.70. The van der Waals surface area contributed by atoms with Gasteiger partial charge in [-0.3, -0.25) is 10.5 Å². The predicted molar refractivity (Wildman–Crippen MR) is 78.5 cm³/mol. The van der Waals surface area contributed by atoms with Crippen molar-refractivity contribution in [2.24, 2.45) is 5.84 Å². The van der Waals surface area contributed by atoms with Crippen LogP contribution in [0.2, 0.25) is 15.1 Å². The molecule has 0 saturated carbocycles. The summed E-state index contributed by atoms with van der Waals surface area (Å²) >= 11 is 18.3. The zero-order valence-corrected chi connectivity index (χ0v) is 12.5. The molecule has 7 heteroatoms. The molecule has 0 fully saturated rings. The van der Waals surface area contributed by atoms with Gasteiger partial charge in [0.1, 0.15) is 0 Å². The first-order valence-corrected chi connectivity index (χ1v) is 6.84. The topological polar surface area (TPSA) is 55.9 Å². The van der Waals surface area contributed by atoms with Gasteiger partial charge in [0.25, 0.3) is 0 Å². The minimum Gasteiger partial charge on any atom is -0.271 e. The number of nitrogens with one attached hydrogen (secondary N) is 1. The molecule has 1 heterocycles. The van der Waals surface area contributed by atoms with Gasteiger partial charge in [-0.1, -0.05) is 40.9 Å². The molecule has 3 N–H and O–H groups in total. The van der Waals surface area contributed by atoms with E-state index < -0.39 is 0 Å². The van der Waals surface area contributed by atoms with Gasteiger partial charge < -0.3 is 0 Å². The lowest BCUT2D eigenvalue weighted by molar-refractivity contribution is 0.544. The number of hydrazine groups is 1. The summed E-state index contributed by atoms with van der Waals surface area (Å²) < 4.78 is 1.78. The number of halogens is 3. The van der Waals surface area contributed by atoms with Crippen molar-refractivity contribution in [3.05, 3.63) is 50.7 Å². The van der Waals surface area contributed by atoms with Crippen LogP contribution >= 0.6 is 34.8 Å². The maximum atomic E-state index is 6.22. The van der Waals surface area contributed by atoms with Crippen LogP contribution in [0.1, 0.15) is 24.2 Å². The molecule has 0 bridgehead atoms. The van der Waals surface area contributed by atoms with Gasteiger partial charge in [-0.05, 0) is 24.6 Å². The first-order chi connectivity index (χ1) is 9.08. The van der Waals surface area contributed by atoms with E-state index >= 15 is 0 Å². The van der Waals surface area contributed by atoms with Crippen LogP contribution < -0.4 is 11.3 Å². The Morgan fingerprint density at radius 2 is 2.05 bits per heavy atom. The summed E-state index contributed by atoms with van der Waals surface area (Å²) in [5, 5.41) is 5.83. The summed E-state index contributed by atoms with van der Waals surface area (Å²) in [5.74, 6) is 5.65. The number of aryl methyl sites for hydroxylation is 1. The lowest BCUT2D eigenvalue weighted by Crippen LogP contribution is -2.31. The van der Waals surface area contributed by atoms with Gasteiger partial charge in [0.15, 0.2) is 0 Å². The second-order valence-corrected chi connectivity index (χ2v) is 5.21. The molecule has 19 heavy (non-hydrogen) atoms. The Morgan fingerprint density at radius 3 is 2.63 bits per heavy atom. The van der Waals surface area contributed by atoms with E-state index in [1.165, 1.54) is 0 Å². The van der Waals surface area contributed by atoms with Crippen LogP contribution in [0.25, 0.3) is 0 Å². The van der Waals surface area contributed by atoms with Crippen LogP contribution in [0.4, 0.5) is 0 Å². The second kappa shape index (κ2) is 6.11. The quantitative estimate of drug-likeness (QED) is 0.670. The molecule has 0 radical (unpaired) electrons. The molecule has 0 amide bonds. The van der Waals surface area contributed by atoms with E-state index in [9.17, 15) is 0 Å². The van der Waals surface area contributed by atoms with Crippen LogP contribution in [0.15, 0.2) is 24.4 Å². The molecule has 2 aromatic rings. The van der Waals surface area contributed by atoms with Crippen molar-refractivity contribution in [2.75, 3.05) is 0 Å². The van der Waals surface area contributed by atoms with Crippen molar-refractivity contribution in [3.63, 3.8) is 0 Å². The molecule has 1 aromatic heterocycles. The highest BCUT2D eigenvalue weighted by Crippen LogP contribution is 2.33. The number of rotatable bonds is 4. The van der Waals surface area contributed by atoms with Crippen LogP contribution in [-0.4, -0.2) is 9.78 Å². The van der Waals surface area contributed by atoms with Gasteiger partial charge in [0, 0.05) is 16.6 Å². The monoisotopic (exact) mass is 318 g/mol. The Labute approximate surface area is 126 Å². The van der Waals surface area contributed by atoms with Crippen molar-refractivity contribution in [1.82, 2.24) is 15.2 Å². The molecule has 0 aliphatic carbocycles. The number of aromatic nitrogens is 2. The Morgan fingerprint density at radius 1 is 1.32 bits per heavy atom. The summed E-state index contributed by atoms with van der Waals surface area (Å²) in [6, 6.07) is 4.90. The van der Waals surface area contributed by atoms with E-state index in [2.05, 4.69) is 10.5 Å². The fourth-order valence-corrected chi connectivity index (χ4v) is 2.73. The molecule has 102 valence electrons. The van der Waals surface area contributed by atoms with Crippen molar-refractivity contribution in [1.29, 1.82) is 0 Å². The highest BCUT2D eigenvalue weighted by molar-refractivity contribution is 6.35. The average Bonchev–Trinajstić information content (AvgIpc) is 2.74. The Hall–Kier alpha value is -0.780. The summed E-state index contributed by atoms with van der Waals surface area (Å²) in [6.07, 6.45) is 1.59. The van der Waals surface area contributed by atoms with E-state index in [0.717, 1.165) is 11.3 Å². The van der Waals surface area contributed by atoms with Crippen molar-refractivity contribution in [2.45, 2.75) is 19.5 Å². The van der Waals surface area contributed by atoms with Gasteiger partial charge in [-0.2, -0.15) is 5.10 Å². The number of hydrogen-bond acceptors (Lipinski definition) is 3. The zero-order valence-electron chi connectivity index (χ0n) is 10.2. The lowest BCUT2D eigenvalue weighted by Gasteiger charge is -2.19. The molecule has 1 unspecified atom stereocenters. The summed E-state index contributed by atoms with van der Waals surface area (Å²) in [7, 11) is 0. The second-order valence-electron chi connectivity index (χ2n) is 3.96. The number of nitrogens with two attached hydrogens (primary N) is 1. The molecule has 1 aromatic carbocycles. The molecule has 0 aliphatic rings. The fourth-order valence-electron chi connectivity index (χ4n) is 1.96. The minimum absolute atomic E-state index is 0.347. The van der Waals surface area contributed by atoms with Gasteiger partial charge in [-0.15, -0.1) is 0 Å². The molecular weight excluding hydrogens is 307 g/mol. The van der Waals surface area contributed by atoms with E-state index in [1.54, 1.807) is 23.0 Å². The minimum atomic E-state index is -0.347. The van der Waals surface area contributed by atoms with Gasteiger partial charge >= 0.3 is 0 Å². The molecule has 1 atom stereocenters. The number of nitrogens with zero attached hydrogens (tertiary/aromatic N) is 2. The van der Waals surface area contributed by atoms with Crippen LogP contribution in [0.3, 0.4) is 0 Å². The number of benzene rings is 1. The van der Waals surface area contributed by atoms with Gasteiger partial charge in [0.2, 0.25) is 0 Å². The molecule has 2 rings (SSSR count). The smallest absolute Gasteiger partial charge is 0.0907 e. The maximum absolute atomic E-state index is 6.22. The Bertz CT molecular complexity index is 582. The van der Waals surface area contributed by atoms with Crippen molar-refractivity contribution >= 4 is 34.8 Å². The van der Waals surface area contributed by atoms with E-state index in [0.29, 0.717) is 21.6 Å². The molecule has 4 nitrogen and oxygen atoms in total. The Kier molecular flexibility index (Phi) is 4.71. The fraction of sp³-hybridized carbons (Fsp3) is 0.250. The molecular formula is C12H13Cl3N4. The maximum Gasteiger partial charge on any atom is 0.0907 e. The van der Waals surface area contributed by atoms with E-state index in [-0.39, 0.29) is 6.04 Å². The van der Waals surface area contributed by atoms with E-state index in [1.807, 2.05) is 13.0 Å². The van der Waals surface area contributed by atoms with Crippen LogP contribution in [0, 0.1) is 0 Å². The van der Waals surface area contributed by atoms with Gasteiger partial charge in [0.05, 0.1) is 23.0 Å². The molecule has 0 saturated heterocycles. The van der Waals surface area contributed by atoms with Crippen LogP contribution in [0.5, 0.6) is 0 Å². The SMILES string of the molecule is CCn1ncc(Cl)c1C(NN)c1ccc(Cl)cc1Cl. The summed E-state index contributed by atoms with van der Waals surface area (Å²) in [5.41, 5.74) is 4.29. The highest BCUT2D eigenvalue weighted by atomic mass is 35.5. The van der Waals surface area contributed by atoms with Crippen molar-refractivity contribution < 1.29 is 0 Å². The largest absolute Gasteiger partial charge is 0.271 e. The molecule has 0 spiro atoms. The Balaban J connectivity index is 2.52. The van der Waals surface area contributed by atoms with Gasteiger partial charge in [-0.25, -0.2) is 5.43 Å². The van der Waals surface area contributed by atoms with Crippen LogP contribution in [-0.2, 0) is 6.54 Å². The third kappa shape index (κ3) is 2.88. The summed E-state index contributed by atoms with van der Waals surface area (Å²) in [4.78, 5) is 0. The number of hydrogen-bond donors (Lipinski definition) is 2. The third-order valence-electron chi connectivity index (χ3n) is 2.85. The lowest BCUT2D eigenvalue weighted by atomic mass is 10.0. The first kappa shape index (κ1) is 14.6. The standard InChI is InChI=1S/C12H13Cl3N4/c1-2-19-12(10(15)6-17-19)11(18-16)8-4-3-7(13)5-9(8)14/h3-6,11,18H,2,16H2,1H3. The normalized spacial score (nSPS) is 12.7. The summed E-state index contributed by atoms with van der Waals surface area (Å²) in [6.45, 7) is 2.66.